The van der Waals surface area contributed by atoms with Gasteiger partial charge in [0.15, 0.2) is 0 Å². The van der Waals surface area contributed by atoms with Gasteiger partial charge in [-0.05, 0) is 37.3 Å². The molecule has 1 heterocycles. The molecular weight excluding hydrogens is 288 g/mol. The predicted molar refractivity (Wildman–Crippen MR) is 92.4 cm³/mol. The van der Waals surface area contributed by atoms with Crippen molar-refractivity contribution in [3.8, 4) is 11.3 Å². The molecule has 5 nitrogen and oxygen atoms in total. The fourth-order valence-corrected chi connectivity index (χ4v) is 2.23. The molecule has 2 amide bonds. The van der Waals surface area contributed by atoms with E-state index in [-0.39, 0.29) is 6.03 Å². The van der Waals surface area contributed by atoms with E-state index in [1.165, 1.54) is 0 Å². The second-order valence-corrected chi connectivity index (χ2v) is 5.08. The Morgan fingerprint density at radius 3 is 2.22 bits per heavy atom. The monoisotopic (exact) mass is 306 g/mol. The number of hydrogen-bond acceptors (Lipinski definition) is 2. The molecule has 0 fully saturated rings. The van der Waals surface area contributed by atoms with Crippen molar-refractivity contribution in [3.63, 3.8) is 0 Å². The number of para-hydroxylation sites is 1. The molecule has 0 spiro atoms. The summed E-state index contributed by atoms with van der Waals surface area (Å²) in [5.41, 5.74) is 3.43. The van der Waals surface area contributed by atoms with Gasteiger partial charge in [0.25, 0.3) is 0 Å². The van der Waals surface area contributed by atoms with E-state index < -0.39 is 0 Å². The number of nitrogens with one attached hydrogen (secondary N) is 2. The lowest BCUT2D eigenvalue weighted by Gasteiger charge is -2.08. The number of urea groups is 1. The quantitative estimate of drug-likeness (QED) is 0.758. The predicted octanol–water partition coefficient (Wildman–Crippen LogP) is 4.21. The zero-order valence-corrected chi connectivity index (χ0v) is 12.9. The molecule has 116 valence electrons. The van der Waals surface area contributed by atoms with Gasteiger partial charge < -0.3 is 10.6 Å². The molecule has 3 rings (SSSR count). The fourth-order valence-electron chi connectivity index (χ4n) is 2.23. The molecule has 0 aliphatic heterocycles. The Hall–Kier alpha value is -3.08. The van der Waals surface area contributed by atoms with E-state index in [2.05, 4.69) is 22.7 Å². The first-order valence-electron chi connectivity index (χ1n) is 7.51. The average Bonchev–Trinajstić information content (AvgIpc) is 3.05. The molecule has 0 aliphatic rings. The molecule has 2 aromatic carbocycles. The Balaban J connectivity index is 1.64. The number of carbonyl (C=O) groups is 1. The molecule has 0 aliphatic carbocycles. The number of aromatic nitrogens is 2. The molecule has 0 saturated heterocycles. The van der Waals surface area contributed by atoms with Crippen molar-refractivity contribution < 1.29 is 4.79 Å². The van der Waals surface area contributed by atoms with E-state index in [9.17, 15) is 4.79 Å². The van der Waals surface area contributed by atoms with E-state index >= 15 is 0 Å². The van der Waals surface area contributed by atoms with Gasteiger partial charge >= 0.3 is 6.03 Å². The summed E-state index contributed by atoms with van der Waals surface area (Å²) in [6.45, 7) is 2.90. The minimum Gasteiger partial charge on any atom is -0.308 e. The van der Waals surface area contributed by atoms with Crippen LogP contribution in [0.4, 0.5) is 16.2 Å². The smallest absolute Gasteiger partial charge is 0.308 e. The summed E-state index contributed by atoms with van der Waals surface area (Å²) in [4.78, 5) is 11.9. The van der Waals surface area contributed by atoms with Crippen LogP contribution in [-0.2, 0) is 6.54 Å². The van der Waals surface area contributed by atoms with Crippen LogP contribution in [0.15, 0.2) is 66.9 Å². The Morgan fingerprint density at radius 1 is 0.957 bits per heavy atom. The maximum atomic E-state index is 11.9. The molecule has 23 heavy (non-hydrogen) atoms. The minimum atomic E-state index is -0.265. The number of rotatable bonds is 4. The van der Waals surface area contributed by atoms with Crippen LogP contribution in [0.1, 0.15) is 6.92 Å². The van der Waals surface area contributed by atoms with Crippen LogP contribution in [0.5, 0.6) is 0 Å². The van der Waals surface area contributed by atoms with Crippen LogP contribution in [0.25, 0.3) is 11.3 Å². The summed E-state index contributed by atoms with van der Waals surface area (Å²) in [6, 6.07) is 18.7. The van der Waals surface area contributed by atoms with Gasteiger partial charge in [0.05, 0.1) is 5.69 Å². The van der Waals surface area contributed by atoms with Crippen molar-refractivity contribution >= 4 is 17.4 Å². The summed E-state index contributed by atoms with van der Waals surface area (Å²) < 4.78 is 1.88. The topological polar surface area (TPSA) is 59.0 Å². The van der Waals surface area contributed by atoms with Gasteiger partial charge in [0.2, 0.25) is 0 Å². The number of nitrogens with zero attached hydrogens (tertiary/aromatic N) is 2. The number of aryl methyl sites for hydroxylation is 1. The van der Waals surface area contributed by atoms with Gasteiger partial charge in [-0.15, -0.1) is 0 Å². The van der Waals surface area contributed by atoms with Crippen LogP contribution >= 0.6 is 0 Å². The lowest BCUT2D eigenvalue weighted by Crippen LogP contribution is -2.19. The van der Waals surface area contributed by atoms with Gasteiger partial charge in [-0.25, -0.2) is 4.79 Å². The van der Waals surface area contributed by atoms with Gasteiger partial charge in [0.1, 0.15) is 0 Å². The molecule has 0 saturated carbocycles. The first-order valence-corrected chi connectivity index (χ1v) is 7.51. The standard InChI is InChI=1S/C18H18N4O/c1-2-22-13-12-17(21-22)14-8-10-16(11-9-14)20-18(23)19-15-6-4-3-5-7-15/h3-13H,2H2,1H3,(H2,19,20,23). The van der Waals surface area contributed by atoms with Gasteiger partial charge in [0, 0.05) is 29.7 Å². The number of carbonyl (C=O) groups excluding carboxylic acids is 1. The third kappa shape index (κ3) is 3.77. The highest BCUT2D eigenvalue weighted by Gasteiger charge is 2.04. The third-order valence-corrected chi connectivity index (χ3v) is 3.43. The zero-order valence-electron chi connectivity index (χ0n) is 12.9. The molecule has 5 heteroatoms. The summed E-state index contributed by atoms with van der Waals surface area (Å²) in [6.07, 6.45) is 1.95. The molecule has 1 aromatic heterocycles. The van der Waals surface area contributed by atoms with Gasteiger partial charge in [-0.1, -0.05) is 30.3 Å². The van der Waals surface area contributed by atoms with E-state index in [1.807, 2.05) is 71.5 Å². The van der Waals surface area contributed by atoms with E-state index in [0.717, 1.165) is 29.2 Å². The Bertz CT molecular complexity index is 778. The Labute approximate surface area is 135 Å². The number of anilines is 2. The maximum Gasteiger partial charge on any atom is 0.323 e. The van der Waals surface area contributed by atoms with Crippen LogP contribution in [0.2, 0.25) is 0 Å². The SMILES string of the molecule is CCn1ccc(-c2ccc(NC(=O)Nc3ccccc3)cc2)n1. The van der Waals surface area contributed by atoms with Gasteiger partial charge in [-0.2, -0.15) is 5.10 Å². The first-order chi connectivity index (χ1) is 11.2. The average molecular weight is 306 g/mol. The normalized spacial score (nSPS) is 10.3. The zero-order chi connectivity index (χ0) is 16.1. The largest absolute Gasteiger partial charge is 0.323 e. The van der Waals surface area contributed by atoms with Crippen molar-refractivity contribution in [1.82, 2.24) is 9.78 Å². The molecule has 0 atom stereocenters. The van der Waals surface area contributed by atoms with Crippen LogP contribution < -0.4 is 10.6 Å². The first kappa shape index (κ1) is 14.8. The highest BCUT2D eigenvalue weighted by Crippen LogP contribution is 2.19. The van der Waals surface area contributed by atoms with E-state index in [1.54, 1.807) is 0 Å². The van der Waals surface area contributed by atoms with Crippen molar-refractivity contribution in [2.24, 2.45) is 0 Å². The highest BCUT2D eigenvalue weighted by molar-refractivity contribution is 5.99. The fraction of sp³-hybridized carbons (Fsp3) is 0.111. The Kier molecular flexibility index (Phi) is 4.38. The van der Waals surface area contributed by atoms with Crippen molar-refractivity contribution in [2.45, 2.75) is 13.5 Å². The third-order valence-electron chi connectivity index (χ3n) is 3.43. The van der Waals surface area contributed by atoms with Gasteiger partial charge in [-0.3, -0.25) is 4.68 Å². The number of amides is 2. The highest BCUT2D eigenvalue weighted by atomic mass is 16.2. The summed E-state index contributed by atoms with van der Waals surface area (Å²) in [7, 11) is 0. The number of benzene rings is 2. The minimum absolute atomic E-state index is 0.265. The molecule has 3 aromatic rings. The summed E-state index contributed by atoms with van der Waals surface area (Å²) >= 11 is 0. The Morgan fingerprint density at radius 2 is 1.61 bits per heavy atom. The molecule has 0 radical (unpaired) electrons. The second kappa shape index (κ2) is 6.79. The second-order valence-electron chi connectivity index (χ2n) is 5.08. The van der Waals surface area contributed by atoms with Crippen LogP contribution in [0.3, 0.4) is 0 Å². The van der Waals surface area contributed by atoms with Crippen LogP contribution in [-0.4, -0.2) is 15.8 Å². The maximum absolute atomic E-state index is 11.9. The van der Waals surface area contributed by atoms with Crippen LogP contribution in [0, 0.1) is 0 Å². The molecule has 0 bridgehead atoms. The molecule has 0 unspecified atom stereocenters. The summed E-state index contributed by atoms with van der Waals surface area (Å²) in [5.74, 6) is 0. The lowest BCUT2D eigenvalue weighted by molar-refractivity contribution is 0.262. The van der Waals surface area contributed by atoms with E-state index in [4.69, 9.17) is 0 Å². The molecule has 2 N–H and O–H groups in total. The summed E-state index contributed by atoms with van der Waals surface area (Å²) in [5, 5.41) is 10.1. The molecular formula is C18H18N4O. The number of hydrogen-bond donors (Lipinski definition) is 2. The van der Waals surface area contributed by atoms with Crippen molar-refractivity contribution in [2.75, 3.05) is 10.6 Å². The van der Waals surface area contributed by atoms with E-state index in [0.29, 0.717) is 0 Å². The lowest BCUT2D eigenvalue weighted by atomic mass is 10.1. The van der Waals surface area contributed by atoms with Crippen molar-refractivity contribution in [3.05, 3.63) is 66.9 Å². The van der Waals surface area contributed by atoms with Crippen molar-refractivity contribution in [1.29, 1.82) is 0 Å².